The maximum atomic E-state index is 12.5. The number of nitrogens with zero attached hydrogens (tertiary/aromatic N) is 2. The minimum Gasteiger partial charge on any atom is -0.434 e. The molecule has 0 atom stereocenters. The van der Waals surface area contributed by atoms with Crippen LogP contribution in [0.25, 0.3) is 0 Å². The third-order valence-corrected chi connectivity index (χ3v) is 4.72. The Morgan fingerprint density at radius 3 is 2.77 bits per heavy atom. The monoisotopic (exact) mass is 382 g/mol. The lowest BCUT2D eigenvalue weighted by Gasteiger charge is -2.12. The van der Waals surface area contributed by atoms with E-state index in [-0.39, 0.29) is 12.3 Å². The molecule has 0 saturated heterocycles. The van der Waals surface area contributed by atoms with Crippen molar-refractivity contribution in [2.45, 2.75) is 39.8 Å². The molecular formula is C18H24F2N4OS. The smallest absolute Gasteiger partial charge is 0.387 e. The molecule has 2 N–H and O–H groups in total. The fourth-order valence-corrected chi connectivity index (χ4v) is 3.13. The van der Waals surface area contributed by atoms with Gasteiger partial charge in [-0.15, -0.1) is 11.3 Å². The molecule has 0 fully saturated rings. The fraction of sp³-hybridized carbons (Fsp3) is 0.444. The highest BCUT2D eigenvalue weighted by Gasteiger charge is 2.09. The molecule has 0 bridgehead atoms. The lowest BCUT2D eigenvalue weighted by molar-refractivity contribution is -0.0504. The number of aromatic nitrogens is 1. The van der Waals surface area contributed by atoms with E-state index in [1.807, 2.05) is 13.1 Å². The van der Waals surface area contributed by atoms with Gasteiger partial charge in [0.1, 0.15) is 5.75 Å². The maximum Gasteiger partial charge on any atom is 0.387 e. The van der Waals surface area contributed by atoms with Gasteiger partial charge in [-0.25, -0.2) is 9.98 Å². The predicted octanol–water partition coefficient (Wildman–Crippen LogP) is 3.60. The van der Waals surface area contributed by atoms with Gasteiger partial charge in [-0.05, 0) is 19.4 Å². The molecule has 2 rings (SSSR count). The second-order valence-electron chi connectivity index (χ2n) is 5.43. The van der Waals surface area contributed by atoms with Crippen molar-refractivity contribution in [3.05, 3.63) is 45.9 Å². The van der Waals surface area contributed by atoms with Crippen molar-refractivity contribution < 1.29 is 13.5 Å². The van der Waals surface area contributed by atoms with Crippen molar-refractivity contribution in [3.8, 4) is 5.75 Å². The molecule has 1 aromatic carbocycles. The highest BCUT2D eigenvalue weighted by atomic mass is 32.1. The Labute approximate surface area is 156 Å². The van der Waals surface area contributed by atoms with Crippen molar-refractivity contribution >= 4 is 17.3 Å². The average molecular weight is 382 g/mol. The van der Waals surface area contributed by atoms with Crippen LogP contribution in [0.4, 0.5) is 8.78 Å². The molecular weight excluding hydrogens is 358 g/mol. The average Bonchev–Trinajstić information content (AvgIpc) is 3.08. The van der Waals surface area contributed by atoms with Gasteiger partial charge >= 0.3 is 6.61 Å². The Morgan fingerprint density at radius 1 is 1.27 bits per heavy atom. The minimum absolute atomic E-state index is 0.150. The normalized spacial score (nSPS) is 11.7. The van der Waals surface area contributed by atoms with Gasteiger partial charge in [0.25, 0.3) is 0 Å². The summed E-state index contributed by atoms with van der Waals surface area (Å²) in [4.78, 5) is 10.1. The molecule has 0 radical (unpaired) electrons. The zero-order valence-electron chi connectivity index (χ0n) is 15.0. The lowest BCUT2D eigenvalue weighted by Crippen LogP contribution is -2.38. The van der Waals surface area contributed by atoms with Crippen LogP contribution in [0.1, 0.15) is 29.3 Å². The van der Waals surface area contributed by atoms with Gasteiger partial charge in [0.2, 0.25) is 0 Å². The summed E-state index contributed by atoms with van der Waals surface area (Å²) in [7, 11) is 0. The quantitative estimate of drug-likeness (QED) is 0.514. The van der Waals surface area contributed by atoms with Crippen molar-refractivity contribution in [2.75, 3.05) is 13.1 Å². The third-order valence-electron chi connectivity index (χ3n) is 3.52. The first-order chi connectivity index (χ1) is 12.6. The standard InChI is InChI=1S/C18H24F2N4OS/c1-3-14-12-23-16(26-14)9-10-22-18(21-4-2)24-11-13-7-5-6-8-15(13)25-17(19)20/h5-8,12,17H,3-4,9-11H2,1-2H3,(H2,21,22,24). The summed E-state index contributed by atoms with van der Waals surface area (Å²) < 4.78 is 29.5. The molecule has 8 heteroatoms. The highest BCUT2D eigenvalue weighted by Crippen LogP contribution is 2.21. The van der Waals surface area contributed by atoms with E-state index in [0.29, 0.717) is 24.6 Å². The molecule has 0 saturated carbocycles. The van der Waals surface area contributed by atoms with E-state index in [0.717, 1.165) is 17.8 Å². The van der Waals surface area contributed by atoms with E-state index in [1.54, 1.807) is 29.5 Å². The number of alkyl halides is 2. The van der Waals surface area contributed by atoms with Crippen molar-refractivity contribution in [2.24, 2.45) is 4.99 Å². The predicted molar refractivity (Wildman–Crippen MR) is 101 cm³/mol. The molecule has 0 spiro atoms. The summed E-state index contributed by atoms with van der Waals surface area (Å²) in [5.41, 5.74) is 0.609. The number of thiazole rings is 1. The number of ether oxygens (including phenoxy) is 1. The molecule has 0 amide bonds. The molecule has 142 valence electrons. The Kier molecular flexibility index (Phi) is 8.27. The number of para-hydroxylation sites is 1. The van der Waals surface area contributed by atoms with E-state index in [4.69, 9.17) is 0 Å². The highest BCUT2D eigenvalue weighted by molar-refractivity contribution is 7.11. The number of guanidine groups is 1. The fourth-order valence-electron chi connectivity index (χ4n) is 2.27. The number of aliphatic imine (C=N–C) groups is 1. The molecule has 0 aliphatic heterocycles. The van der Waals surface area contributed by atoms with Gasteiger partial charge in [0, 0.05) is 36.1 Å². The van der Waals surface area contributed by atoms with Crippen LogP contribution in [-0.2, 0) is 19.4 Å². The zero-order chi connectivity index (χ0) is 18.8. The number of aryl methyl sites for hydroxylation is 1. The van der Waals surface area contributed by atoms with Gasteiger partial charge in [0.15, 0.2) is 5.96 Å². The Balaban J connectivity index is 1.93. The van der Waals surface area contributed by atoms with Crippen LogP contribution < -0.4 is 15.4 Å². The number of rotatable bonds is 9. The Bertz CT molecular complexity index is 706. The summed E-state index contributed by atoms with van der Waals surface area (Å²) in [5, 5.41) is 7.48. The number of halogens is 2. The Morgan fingerprint density at radius 2 is 2.08 bits per heavy atom. The van der Waals surface area contributed by atoms with Crippen LogP contribution in [0, 0.1) is 0 Å². The van der Waals surface area contributed by atoms with Crippen LogP contribution in [-0.4, -0.2) is 30.6 Å². The molecule has 0 aliphatic carbocycles. The second kappa shape index (κ2) is 10.7. The third kappa shape index (κ3) is 6.59. The van der Waals surface area contributed by atoms with Crippen molar-refractivity contribution in [1.29, 1.82) is 0 Å². The van der Waals surface area contributed by atoms with Crippen LogP contribution >= 0.6 is 11.3 Å². The summed E-state index contributed by atoms with van der Waals surface area (Å²) in [6.07, 6.45) is 3.72. The first kappa shape index (κ1) is 20.1. The first-order valence-corrected chi connectivity index (χ1v) is 9.42. The van der Waals surface area contributed by atoms with E-state index >= 15 is 0 Å². The van der Waals surface area contributed by atoms with Gasteiger partial charge in [-0.2, -0.15) is 8.78 Å². The number of benzene rings is 1. The summed E-state index contributed by atoms with van der Waals surface area (Å²) >= 11 is 1.72. The molecule has 1 heterocycles. The van der Waals surface area contributed by atoms with E-state index in [1.165, 1.54) is 10.9 Å². The number of nitrogens with one attached hydrogen (secondary N) is 2. The SMILES string of the molecule is CCNC(=NCc1ccccc1OC(F)F)NCCc1ncc(CC)s1. The lowest BCUT2D eigenvalue weighted by atomic mass is 10.2. The molecule has 0 aliphatic rings. The van der Waals surface area contributed by atoms with E-state index in [2.05, 4.69) is 32.3 Å². The number of hydrogen-bond acceptors (Lipinski definition) is 4. The van der Waals surface area contributed by atoms with Gasteiger partial charge < -0.3 is 15.4 Å². The summed E-state index contributed by atoms with van der Waals surface area (Å²) in [6.45, 7) is 2.88. The van der Waals surface area contributed by atoms with Gasteiger partial charge in [-0.1, -0.05) is 25.1 Å². The van der Waals surface area contributed by atoms with Gasteiger partial charge in [-0.3, -0.25) is 0 Å². The molecule has 0 unspecified atom stereocenters. The van der Waals surface area contributed by atoms with Crippen molar-refractivity contribution in [3.63, 3.8) is 0 Å². The second-order valence-corrected chi connectivity index (χ2v) is 6.63. The topological polar surface area (TPSA) is 58.5 Å². The zero-order valence-corrected chi connectivity index (χ0v) is 15.8. The van der Waals surface area contributed by atoms with Crippen molar-refractivity contribution in [1.82, 2.24) is 15.6 Å². The molecule has 26 heavy (non-hydrogen) atoms. The first-order valence-electron chi connectivity index (χ1n) is 8.60. The molecule has 2 aromatic rings. The molecule has 1 aromatic heterocycles. The summed E-state index contributed by atoms with van der Waals surface area (Å²) in [5.74, 6) is 0.781. The molecule has 5 nitrogen and oxygen atoms in total. The van der Waals surface area contributed by atoms with E-state index in [9.17, 15) is 8.78 Å². The van der Waals surface area contributed by atoms with E-state index < -0.39 is 6.61 Å². The van der Waals surface area contributed by atoms with Crippen LogP contribution in [0.15, 0.2) is 35.5 Å². The Hall–Kier alpha value is -2.22. The van der Waals surface area contributed by atoms with Gasteiger partial charge in [0.05, 0.1) is 11.6 Å². The minimum atomic E-state index is -2.85. The van der Waals surface area contributed by atoms with Crippen LogP contribution in [0.2, 0.25) is 0 Å². The summed E-state index contributed by atoms with van der Waals surface area (Å²) in [6, 6.07) is 6.68. The largest absolute Gasteiger partial charge is 0.434 e. The maximum absolute atomic E-state index is 12.5. The van der Waals surface area contributed by atoms with Crippen LogP contribution in [0.5, 0.6) is 5.75 Å². The number of hydrogen-bond donors (Lipinski definition) is 2. The van der Waals surface area contributed by atoms with Crippen LogP contribution in [0.3, 0.4) is 0 Å².